The topological polar surface area (TPSA) is 35.8 Å². The molecule has 2 heterocycles. The van der Waals surface area contributed by atoms with Crippen LogP contribution in [0.5, 0.6) is 11.5 Å². The predicted molar refractivity (Wildman–Crippen MR) is 89.1 cm³/mol. The first-order valence-corrected chi connectivity index (χ1v) is 7.70. The molecule has 22 heavy (non-hydrogen) atoms. The first kappa shape index (κ1) is 13.2. The molecule has 4 aromatic rings. The van der Waals surface area contributed by atoms with Gasteiger partial charge in [-0.1, -0.05) is 23.5 Å². The van der Waals surface area contributed by atoms with Crippen molar-refractivity contribution in [2.24, 2.45) is 0 Å². The van der Waals surface area contributed by atoms with Gasteiger partial charge in [-0.05, 0) is 30.3 Å². The van der Waals surface area contributed by atoms with E-state index in [1.807, 2.05) is 36.4 Å². The SMILES string of the molecule is COc1cccc(-c2cn3c(n2)sc2cc(OC)ccc23)c1. The summed E-state index contributed by atoms with van der Waals surface area (Å²) < 4.78 is 13.8. The molecular formula is C17H14N2O2S. The van der Waals surface area contributed by atoms with Gasteiger partial charge in [0.2, 0.25) is 0 Å². The number of thiazole rings is 1. The fraction of sp³-hybridized carbons (Fsp3) is 0.118. The number of fused-ring (bicyclic) bond motifs is 3. The van der Waals surface area contributed by atoms with E-state index in [9.17, 15) is 0 Å². The summed E-state index contributed by atoms with van der Waals surface area (Å²) >= 11 is 1.66. The Labute approximate surface area is 131 Å². The van der Waals surface area contributed by atoms with Gasteiger partial charge in [0.15, 0.2) is 4.96 Å². The van der Waals surface area contributed by atoms with Crippen molar-refractivity contribution in [1.29, 1.82) is 0 Å². The Morgan fingerprint density at radius 3 is 2.64 bits per heavy atom. The molecule has 0 amide bonds. The van der Waals surface area contributed by atoms with Crippen LogP contribution in [-0.4, -0.2) is 23.6 Å². The Morgan fingerprint density at radius 1 is 1.00 bits per heavy atom. The van der Waals surface area contributed by atoms with Crippen LogP contribution in [0.1, 0.15) is 0 Å². The van der Waals surface area contributed by atoms with Crippen LogP contribution in [0.15, 0.2) is 48.7 Å². The lowest BCUT2D eigenvalue weighted by molar-refractivity contribution is 0.415. The van der Waals surface area contributed by atoms with E-state index in [-0.39, 0.29) is 0 Å². The van der Waals surface area contributed by atoms with Crippen LogP contribution in [0.4, 0.5) is 0 Å². The molecular weight excluding hydrogens is 296 g/mol. The first-order chi connectivity index (χ1) is 10.8. The van der Waals surface area contributed by atoms with Crippen molar-refractivity contribution in [3.63, 3.8) is 0 Å². The number of hydrogen-bond acceptors (Lipinski definition) is 4. The van der Waals surface area contributed by atoms with Crippen molar-refractivity contribution < 1.29 is 9.47 Å². The van der Waals surface area contributed by atoms with Crippen molar-refractivity contribution in [3.05, 3.63) is 48.7 Å². The Morgan fingerprint density at radius 2 is 1.82 bits per heavy atom. The fourth-order valence-corrected chi connectivity index (χ4v) is 3.57. The zero-order valence-corrected chi connectivity index (χ0v) is 13.1. The highest BCUT2D eigenvalue weighted by atomic mass is 32.1. The molecule has 0 atom stereocenters. The Hall–Kier alpha value is -2.53. The van der Waals surface area contributed by atoms with Crippen molar-refractivity contribution in [1.82, 2.24) is 9.38 Å². The van der Waals surface area contributed by atoms with Gasteiger partial charge in [0, 0.05) is 11.8 Å². The summed E-state index contributed by atoms with van der Waals surface area (Å²) in [5.74, 6) is 1.70. The van der Waals surface area contributed by atoms with Gasteiger partial charge >= 0.3 is 0 Å². The maximum atomic E-state index is 5.28. The van der Waals surface area contributed by atoms with Crippen LogP contribution < -0.4 is 9.47 Å². The molecule has 2 aromatic heterocycles. The number of aromatic nitrogens is 2. The molecule has 0 saturated heterocycles. The molecule has 5 heteroatoms. The second-order valence-corrected chi connectivity index (χ2v) is 5.96. The third-order valence-corrected chi connectivity index (χ3v) is 4.68. The number of rotatable bonds is 3. The van der Waals surface area contributed by atoms with E-state index in [1.165, 1.54) is 4.70 Å². The van der Waals surface area contributed by atoms with Gasteiger partial charge < -0.3 is 9.47 Å². The van der Waals surface area contributed by atoms with Crippen LogP contribution in [0.2, 0.25) is 0 Å². The van der Waals surface area contributed by atoms with Crippen LogP contribution in [0, 0.1) is 0 Å². The standard InChI is InChI=1S/C17H14N2O2S/c1-20-12-5-3-4-11(8-12)14-10-19-15-7-6-13(21-2)9-16(15)22-17(19)18-14/h3-10H,1-2H3. The van der Waals surface area contributed by atoms with Crippen LogP contribution in [-0.2, 0) is 0 Å². The summed E-state index contributed by atoms with van der Waals surface area (Å²) in [7, 11) is 3.35. The summed E-state index contributed by atoms with van der Waals surface area (Å²) in [6.45, 7) is 0. The minimum atomic E-state index is 0.837. The minimum Gasteiger partial charge on any atom is -0.497 e. The lowest BCUT2D eigenvalue weighted by Crippen LogP contribution is -1.84. The highest BCUT2D eigenvalue weighted by Crippen LogP contribution is 2.32. The Kier molecular flexibility index (Phi) is 3.01. The highest BCUT2D eigenvalue weighted by molar-refractivity contribution is 7.23. The van der Waals surface area contributed by atoms with Crippen molar-refractivity contribution in [3.8, 4) is 22.8 Å². The molecule has 0 fully saturated rings. The molecule has 0 radical (unpaired) electrons. The maximum absolute atomic E-state index is 5.28. The number of methoxy groups -OCH3 is 2. The molecule has 0 unspecified atom stereocenters. The highest BCUT2D eigenvalue weighted by Gasteiger charge is 2.11. The summed E-state index contributed by atoms with van der Waals surface area (Å²) in [4.78, 5) is 5.71. The van der Waals surface area contributed by atoms with Gasteiger partial charge in [0.25, 0.3) is 0 Å². The second-order valence-electron chi connectivity index (χ2n) is 4.95. The number of hydrogen-bond donors (Lipinski definition) is 0. The summed E-state index contributed by atoms with van der Waals surface area (Å²) in [5.41, 5.74) is 3.14. The molecule has 0 spiro atoms. The quantitative estimate of drug-likeness (QED) is 0.568. The van der Waals surface area contributed by atoms with E-state index in [0.29, 0.717) is 0 Å². The van der Waals surface area contributed by atoms with Gasteiger partial charge in [-0.15, -0.1) is 0 Å². The van der Waals surface area contributed by atoms with Crippen molar-refractivity contribution in [2.45, 2.75) is 0 Å². The van der Waals surface area contributed by atoms with Gasteiger partial charge in [0.05, 0.1) is 30.1 Å². The molecule has 0 N–H and O–H groups in total. The summed E-state index contributed by atoms with van der Waals surface area (Å²) in [6, 6.07) is 14.0. The molecule has 110 valence electrons. The van der Waals surface area contributed by atoms with E-state index >= 15 is 0 Å². The number of imidazole rings is 1. The molecule has 0 aliphatic rings. The first-order valence-electron chi connectivity index (χ1n) is 6.88. The van der Waals surface area contributed by atoms with Crippen molar-refractivity contribution >= 4 is 26.5 Å². The number of nitrogens with zero attached hydrogens (tertiary/aromatic N) is 2. The molecule has 4 nitrogen and oxygen atoms in total. The number of benzene rings is 2. The number of ether oxygens (including phenoxy) is 2. The second kappa shape index (κ2) is 5.03. The monoisotopic (exact) mass is 310 g/mol. The van der Waals surface area contributed by atoms with E-state index in [0.717, 1.165) is 33.2 Å². The lowest BCUT2D eigenvalue weighted by Gasteiger charge is -2.01. The van der Waals surface area contributed by atoms with Crippen LogP contribution in [0.3, 0.4) is 0 Å². The third kappa shape index (κ3) is 2.02. The maximum Gasteiger partial charge on any atom is 0.195 e. The molecule has 0 aliphatic heterocycles. The zero-order valence-electron chi connectivity index (χ0n) is 12.2. The average Bonchev–Trinajstić information content (AvgIpc) is 3.11. The van der Waals surface area contributed by atoms with E-state index < -0.39 is 0 Å². The van der Waals surface area contributed by atoms with Crippen LogP contribution in [0.25, 0.3) is 26.4 Å². The third-order valence-electron chi connectivity index (χ3n) is 3.67. The largest absolute Gasteiger partial charge is 0.497 e. The lowest BCUT2D eigenvalue weighted by atomic mass is 10.1. The minimum absolute atomic E-state index is 0.837. The molecule has 4 rings (SSSR count). The summed E-state index contributed by atoms with van der Waals surface area (Å²) in [6.07, 6.45) is 2.06. The van der Waals surface area contributed by atoms with Gasteiger partial charge in [-0.3, -0.25) is 4.40 Å². The average molecular weight is 310 g/mol. The summed E-state index contributed by atoms with van der Waals surface area (Å²) in [5, 5.41) is 0. The predicted octanol–water partition coefficient (Wildman–Crippen LogP) is 4.23. The van der Waals surface area contributed by atoms with E-state index in [1.54, 1.807) is 25.6 Å². The molecule has 0 aliphatic carbocycles. The molecule has 0 saturated carbocycles. The molecule has 0 bridgehead atoms. The fourth-order valence-electron chi connectivity index (χ4n) is 2.53. The molecule has 2 aromatic carbocycles. The normalized spacial score (nSPS) is 11.2. The van der Waals surface area contributed by atoms with Crippen LogP contribution >= 0.6 is 11.3 Å². The van der Waals surface area contributed by atoms with E-state index in [4.69, 9.17) is 14.5 Å². The smallest absolute Gasteiger partial charge is 0.195 e. The van der Waals surface area contributed by atoms with Gasteiger partial charge in [-0.25, -0.2) is 4.98 Å². The Bertz CT molecular complexity index is 971. The van der Waals surface area contributed by atoms with Gasteiger partial charge in [0.1, 0.15) is 11.5 Å². The van der Waals surface area contributed by atoms with Crippen molar-refractivity contribution in [2.75, 3.05) is 14.2 Å². The van der Waals surface area contributed by atoms with E-state index in [2.05, 4.69) is 16.7 Å². The van der Waals surface area contributed by atoms with Gasteiger partial charge in [-0.2, -0.15) is 0 Å². The Balaban J connectivity index is 1.87. The zero-order chi connectivity index (χ0) is 15.1.